The van der Waals surface area contributed by atoms with E-state index >= 15 is 0 Å². The van der Waals surface area contributed by atoms with Gasteiger partial charge in [0.25, 0.3) is 0 Å². The van der Waals surface area contributed by atoms with Gasteiger partial charge in [-0.05, 0) is 87.2 Å². The summed E-state index contributed by atoms with van der Waals surface area (Å²) in [6.07, 6.45) is 6.75. The summed E-state index contributed by atoms with van der Waals surface area (Å²) in [5.41, 5.74) is 4.63. The Balaban J connectivity index is 1.13. The number of nitrogens with one attached hydrogen (secondary N) is 1. The second-order valence-corrected chi connectivity index (χ2v) is 11.9. The van der Waals surface area contributed by atoms with Crippen LogP contribution in [0.5, 0.6) is 0 Å². The normalized spacial score (nSPS) is 16.9. The van der Waals surface area contributed by atoms with E-state index in [0.29, 0.717) is 0 Å². The van der Waals surface area contributed by atoms with Crippen molar-refractivity contribution in [2.75, 3.05) is 32.7 Å². The van der Waals surface area contributed by atoms with Gasteiger partial charge < -0.3 is 15.1 Å². The Morgan fingerprint density at radius 3 is 1.98 bits per heavy atom. The van der Waals surface area contributed by atoms with Crippen molar-refractivity contribution in [3.8, 4) is 0 Å². The van der Waals surface area contributed by atoms with Crippen LogP contribution in [0, 0.1) is 0 Å². The zero-order valence-electron chi connectivity index (χ0n) is 23.8. The van der Waals surface area contributed by atoms with Crippen LogP contribution >= 0.6 is 12.2 Å². The quantitative estimate of drug-likeness (QED) is 0.266. The Hall–Kier alpha value is -3.42. The number of benzene rings is 3. The third-order valence-corrected chi connectivity index (χ3v) is 9.20. The van der Waals surface area contributed by atoms with Crippen molar-refractivity contribution in [3.63, 3.8) is 0 Å². The summed E-state index contributed by atoms with van der Waals surface area (Å²) in [6.45, 7) is 5.89. The maximum Gasteiger partial charge on any atom is 0.329 e. The van der Waals surface area contributed by atoms with E-state index in [4.69, 9.17) is 12.2 Å². The first kappa shape index (κ1) is 27.7. The Bertz CT molecular complexity index is 1440. The highest BCUT2D eigenvalue weighted by atomic mass is 32.1. The molecule has 0 saturated carbocycles. The number of para-hydroxylation sites is 2. The lowest BCUT2D eigenvalue weighted by molar-refractivity contribution is 0.222. The van der Waals surface area contributed by atoms with E-state index in [2.05, 4.69) is 92.5 Å². The largest absolute Gasteiger partial charge is 0.352 e. The molecule has 214 valence electrons. The summed E-state index contributed by atoms with van der Waals surface area (Å²) in [6, 6.07) is 29.5. The van der Waals surface area contributed by atoms with Crippen LogP contribution in [-0.2, 0) is 6.54 Å². The molecule has 3 heterocycles. The number of rotatable bonds is 8. The molecule has 2 saturated heterocycles. The molecule has 0 radical (unpaired) electrons. The summed E-state index contributed by atoms with van der Waals surface area (Å²) in [5.74, 6) is 0. The summed E-state index contributed by atoms with van der Waals surface area (Å²) in [5, 5.41) is 4.42. The number of fused-ring (bicyclic) bond motifs is 1. The highest BCUT2D eigenvalue weighted by Gasteiger charge is 2.27. The molecule has 6 rings (SSSR count). The van der Waals surface area contributed by atoms with Crippen LogP contribution in [0.1, 0.15) is 61.7 Å². The van der Waals surface area contributed by atoms with Gasteiger partial charge in [0.15, 0.2) is 5.11 Å². The zero-order chi connectivity index (χ0) is 28.0. The minimum absolute atomic E-state index is 0.00634. The summed E-state index contributed by atoms with van der Waals surface area (Å²) < 4.78 is 4.09. The Labute approximate surface area is 248 Å². The first-order valence-corrected chi connectivity index (χ1v) is 15.7. The van der Waals surface area contributed by atoms with Gasteiger partial charge in [-0.1, -0.05) is 79.2 Å². The molecule has 4 aromatic rings. The standard InChI is InChI=1S/C34H41N5OS/c40-34-38(24-12-23-36-21-10-3-11-22-36)30-17-8-9-18-31(30)39(34)29-19-25-37(26-20-29)33(41)35-32(27-13-4-1-5-14-27)28-15-6-2-7-16-28/h1-2,4-9,13-18,29,32H,3,10-12,19-26H2,(H,35,41). The SMILES string of the molecule is O=c1n(CCCN2CCCCC2)c2ccccc2n1C1CCN(C(=S)NC(c2ccccc2)c2ccccc2)CC1. The van der Waals surface area contributed by atoms with Gasteiger partial charge >= 0.3 is 5.69 Å². The molecule has 0 spiro atoms. The van der Waals surface area contributed by atoms with E-state index in [1.807, 2.05) is 16.7 Å². The molecule has 3 aromatic carbocycles. The second kappa shape index (κ2) is 13.0. The molecular formula is C34H41N5OS. The smallest absolute Gasteiger partial charge is 0.329 e. The van der Waals surface area contributed by atoms with Crippen molar-refractivity contribution < 1.29 is 0 Å². The van der Waals surface area contributed by atoms with E-state index in [1.165, 1.54) is 43.5 Å². The van der Waals surface area contributed by atoms with Crippen molar-refractivity contribution in [2.24, 2.45) is 0 Å². The number of nitrogens with zero attached hydrogens (tertiary/aromatic N) is 4. The Morgan fingerprint density at radius 1 is 0.756 bits per heavy atom. The lowest BCUT2D eigenvalue weighted by Crippen LogP contribution is -2.46. The monoisotopic (exact) mass is 567 g/mol. The van der Waals surface area contributed by atoms with Gasteiger partial charge in [0.1, 0.15) is 0 Å². The number of aryl methyl sites for hydroxylation is 1. The minimum Gasteiger partial charge on any atom is -0.352 e. The van der Waals surface area contributed by atoms with Crippen LogP contribution in [0.2, 0.25) is 0 Å². The lowest BCUT2D eigenvalue weighted by atomic mass is 9.99. The fourth-order valence-electron chi connectivity index (χ4n) is 6.63. The van der Waals surface area contributed by atoms with Crippen molar-refractivity contribution >= 4 is 28.4 Å². The number of aromatic nitrogens is 2. The molecule has 1 aromatic heterocycles. The van der Waals surface area contributed by atoms with Gasteiger partial charge in [0.05, 0.1) is 17.1 Å². The number of likely N-dealkylation sites (tertiary alicyclic amines) is 2. The summed E-state index contributed by atoms with van der Waals surface area (Å²) >= 11 is 5.95. The van der Waals surface area contributed by atoms with Crippen LogP contribution < -0.4 is 11.0 Å². The van der Waals surface area contributed by atoms with Crippen LogP contribution in [-0.4, -0.2) is 56.8 Å². The minimum atomic E-state index is -0.00634. The van der Waals surface area contributed by atoms with Gasteiger partial charge in [0, 0.05) is 25.7 Å². The van der Waals surface area contributed by atoms with Crippen LogP contribution in [0.3, 0.4) is 0 Å². The molecule has 7 heteroatoms. The first-order valence-electron chi connectivity index (χ1n) is 15.3. The highest BCUT2D eigenvalue weighted by Crippen LogP contribution is 2.27. The maximum absolute atomic E-state index is 13.8. The van der Waals surface area contributed by atoms with E-state index in [-0.39, 0.29) is 17.8 Å². The molecule has 0 aliphatic carbocycles. The molecule has 2 aliphatic heterocycles. The second-order valence-electron chi connectivity index (χ2n) is 11.5. The molecule has 0 unspecified atom stereocenters. The molecule has 2 fully saturated rings. The Kier molecular flexibility index (Phi) is 8.82. The van der Waals surface area contributed by atoms with E-state index < -0.39 is 0 Å². The molecular weight excluding hydrogens is 526 g/mol. The predicted molar refractivity (Wildman–Crippen MR) is 171 cm³/mol. The fraction of sp³-hybridized carbons (Fsp3) is 0.412. The molecule has 0 bridgehead atoms. The molecule has 0 amide bonds. The number of hydrogen-bond acceptors (Lipinski definition) is 3. The van der Waals surface area contributed by atoms with Gasteiger partial charge in [-0.25, -0.2) is 4.79 Å². The number of imidazole rings is 1. The van der Waals surface area contributed by atoms with E-state index in [9.17, 15) is 4.79 Å². The zero-order valence-corrected chi connectivity index (χ0v) is 24.6. The topological polar surface area (TPSA) is 45.4 Å². The van der Waals surface area contributed by atoms with Crippen molar-refractivity contribution in [2.45, 2.75) is 57.2 Å². The number of hydrogen-bond donors (Lipinski definition) is 1. The van der Waals surface area contributed by atoms with Gasteiger partial charge in [-0.3, -0.25) is 9.13 Å². The fourth-order valence-corrected chi connectivity index (χ4v) is 6.93. The van der Waals surface area contributed by atoms with E-state index in [1.54, 1.807) is 0 Å². The third-order valence-electron chi connectivity index (χ3n) is 8.82. The average molecular weight is 568 g/mol. The molecule has 1 N–H and O–H groups in total. The summed E-state index contributed by atoms with van der Waals surface area (Å²) in [7, 11) is 0. The number of piperidine rings is 2. The maximum atomic E-state index is 13.8. The molecule has 41 heavy (non-hydrogen) atoms. The third kappa shape index (κ3) is 6.26. The van der Waals surface area contributed by atoms with Crippen LogP contribution in [0.4, 0.5) is 0 Å². The van der Waals surface area contributed by atoms with Crippen molar-refractivity contribution in [1.29, 1.82) is 0 Å². The molecule has 0 atom stereocenters. The van der Waals surface area contributed by atoms with Crippen LogP contribution in [0.15, 0.2) is 89.7 Å². The van der Waals surface area contributed by atoms with Gasteiger partial charge in [-0.2, -0.15) is 0 Å². The Morgan fingerprint density at radius 2 is 1.34 bits per heavy atom. The molecule has 2 aliphatic rings. The lowest BCUT2D eigenvalue weighted by Gasteiger charge is -2.35. The van der Waals surface area contributed by atoms with Gasteiger partial charge in [-0.15, -0.1) is 0 Å². The van der Waals surface area contributed by atoms with Crippen molar-refractivity contribution in [1.82, 2.24) is 24.3 Å². The predicted octanol–water partition coefficient (Wildman–Crippen LogP) is 5.98. The summed E-state index contributed by atoms with van der Waals surface area (Å²) in [4.78, 5) is 18.6. The average Bonchev–Trinajstić information content (AvgIpc) is 3.32. The molecule has 6 nitrogen and oxygen atoms in total. The van der Waals surface area contributed by atoms with E-state index in [0.717, 1.165) is 61.6 Å². The van der Waals surface area contributed by atoms with Gasteiger partial charge in [0.2, 0.25) is 0 Å². The highest BCUT2D eigenvalue weighted by molar-refractivity contribution is 7.80. The first-order chi connectivity index (χ1) is 20.2. The number of thiocarbonyl (C=S) groups is 1. The van der Waals surface area contributed by atoms with Crippen LogP contribution in [0.25, 0.3) is 11.0 Å². The van der Waals surface area contributed by atoms with Crippen molar-refractivity contribution in [3.05, 3.63) is 107 Å².